The molecule has 0 unspecified atom stereocenters. The fourth-order valence-electron chi connectivity index (χ4n) is 6.99. The fraction of sp³-hybridized carbons (Fsp3) is 0.762. The third kappa shape index (κ3) is 1.83. The van der Waals surface area contributed by atoms with Gasteiger partial charge in [-0.3, -0.25) is 9.59 Å². The van der Waals surface area contributed by atoms with Crippen LogP contribution in [0.5, 0.6) is 0 Å². The third-order valence-electron chi connectivity index (χ3n) is 8.30. The predicted molar refractivity (Wildman–Crippen MR) is 90.8 cm³/mol. The monoisotopic (exact) mass is 325 g/mol. The van der Waals surface area contributed by atoms with Crippen molar-refractivity contribution in [2.24, 2.45) is 34.5 Å². The third-order valence-corrected chi connectivity index (χ3v) is 8.30. The number of hydrogen-bond acceptors (Lipinski definition) is 3. The number of Topliss-reactive ketones (excluding diaryl/α,β-unsaturated/α-hetero) is 2. The van der Waals surface area contributed by atoms with Gasteiger partial charge in [-0.05, 0) is 74.2 Å². The first-order valence-corrected chi connectivity index (χ1v) is 9.50. The molecule has 128 valence electrons. The zero-order valence-corrected chi connectivity index (χ0v) is 15.0. The van der Waals surface area contributed by atoms with E-state index in [1.807, 2.05) is 6.92 Å². The maximum atomic E-state index is 12.5. The summed E-state index contributed by atoms with van der Waals surface area (Å²) < 4.78 is 0. The number of fused-ring (bicyclic) bond motifs is 5. The lowest BCUT2D eigenvalue weighted by atomic mass is 9.46. The van der Waals surface area contributed by atoms with Crippen LogP contribution >= 0.6 is 0 Å². The van der Waals surface area contributed by atoms with Crippen LogP contribution in [0.1, 0.15) is 65.7 Å². The molecule has 24 heavy (non-hydrogen) atoms. The Balaban J connectivity index is 1.75. The van der Waals surface area contributed by atoms with Gasteiger partial charge in [0.1, 0.15) is 11.7 Å². The van der Waals surface area contributed by atoms with Gasteiger partial charge in [0.25, 0.3) is 0 Å². The number of nitriles is 1. The lowest BCUT2D eigenvalue weighted by molar-refractivity contribution is -0.133. The van der Waals surface area contributed by atoms with Crippen molar-refractivity contribution in [1.29, 1.82) is 5.26 Å². The molecule has 3 nitrogen and oxygen atoms in total. The van der Waals surface area contributed by atoms with E-state index < -0.39 is 5.92 Å². The Hall–Kier alpha value is -1.43. The molecule has 3 fully saturated rings. The van der Waals surface area contributed by atoms with Gasteiger partial charge >= 0.3 is 0 Å². The molecule has 0 spiro atoms. The molecule has 0 saturated heterocycles. The van der Waals surface area contributed by atoms with E-state index in [1.54, 1.807) is 0 Å². The molecular formula is C21H27NO2. The van der Waals surface area contributed by atoms with Crippen molar-refractivity contribution in [2.75, 3.05) is 0 Å². The zero-order chi connectivity index (χ0) is 17.3. The average molecular weight is 325 g/mol. The Morgan fingerprint density at radius 3 is 2.46 bits per heavy atom. The average Bonchev–Trinajstić information content (AvgIpc) is 2.86. The minimum Gasteiger partial charge on any atom is -0.299 e. The number of nitrogens with zero attached hydrogens (tertiary/aromatic N) is 1. The summed E-state index contributed by atoms with van der Waals surface area (Å²) in [7, 11) is 0. The van der Waals surface area contributed by atoms with Crippen LogP contribution in [0.15, 0.2) is 11.1 Å². The van der Waals surface area contributed by atoms with Crippen LogP contribution in [-0.2, 0) is 9.59 Å². The van der Waals surface area contributed by atoms with E-state index >= 15 is 0 Å². The van der Waals surface area contributed by atoms with Crippen molar-refractivity contribution in [3.8, 4) is 6.07 Å². The predicted octanol–water partition coefficient (Wildman–Crippen LogP) is 4.23. The van der Waals surface area contributed by atoms with Gasteiger partial charge in [-0.2, -0.15) is 5.26 Å². The molecule has 0 bridgehead atoms. The molecule has 0 aromatic rings. The molecule has 0 aromatic carbocycles. The maximum Gasteiger partial charge on any atom is 0.175 e. The highest BCUT2D eigenvalue weighted by molar-refractivity contribution is 6.00. The SMILES string of the molecule is CC1=C2CC[C@@H]3[C@H](CC[C@]4(C)C(=O)CC[C@@H]34)[C@@]2(C)C[C@@H](C#N)C1=O. The van der Waals surface area contributed by atoms with E-state index in [1.165, 1.54) is 5.57 Å². The maximum absolute atomic E-state index is 12.5. The van der Waals surface area contributed by atoms with Crippen LogP contribution in [0.25, 0.3) is 0 Å². The van der Waals surface area contributed by atoms with Gasteiger partial charge in [0, 0.05) is 11.8 Å². The van der Waals surface area contributed by atoms with Crippen LogP contribution in [0.3, 0.4) is 0 Å². The summed E-state index contributed by atoms with van der Waals surface area (Å²) in [6.07, 6.45) is 6.65. The minimum absolute atomic E-state index is 0.0196. The molecule has 4 aliphatic rings. The highest BCUT2D eigenvalue weighted by Crippen LogP contribution is 2.65. The van der Waals surface area contributed by atoms with E-state index in [0.29, 0.717) is 30.0 Å². The highest BCUT2D eigenvalue weighted by atomic mass is 16.1. The molecular weight excluding hydrogens is 298 g/mol. The van der Waals surface area contributed by atoms with Gasteiger partial charge in [-0.15, -0.1) is 0 Å². The molecule has 4 aliphatic carbocycles. The summed E-state index contributed by atoms with van der Waals surface area (Å²) in [4.78, 5) is 24.9. The van der Waals surface area contributed by atoms with E-state index in [-0.39, 0.29) is 16.6 Å². The minimum atomic E-state index is -0.476. The number of carbonyl (C=O) groups excluding carboxylic acids is 2. The summed E-state index contributed by atoms with van der Waals surface area (Å²) in [5, 5.41) is 9.47. The molecule has 4 rings (SSSR count). The lowest BCUT2D eigenvalue weighted by Gasteiger charge is -2.57. The van der Waals surface area contributed by atoms with Gasteiger partial charge in [0.05, 0.1) is 6.07 Å². The molecule has 0 heterocycles. The molecule has 0 aromatic heterocycles. The van der Waals surface area contributed by atoms with E-state index in [4.69, 9.17) is 0 Å². The first kappa shape index (κ1) is 16.1. The van der Waals surface area contributed by atoms with E-state index in [0.717, 1.165) is 44.1 Å². The Bertz CT molecular complexity index is 699. The van der Waals surface area contributed by atoms with Gasteiger partial charge in [0.15, 0.2) is 5.78 Å². The second-order valence-electron chi connectivity index (χ2n) is 9.10. The summed E-state index contributed by atoms with van der Waals surface area (Å²) in [5.41, 5.74) is 2.07. The van der Waals surface area contributed by atoms with E-state index in [9.17, 15) is 14.9 Å². The van der Waals surface area contributed by atoms with Crippen molar-refractivity contribution >= 4 is 11.6 Å². The summed E-state index contributed by atoms with van der Waals surface area (Å²) in [5.74, 6) is 1.69. The van der Waals surface area contributed by atoms with Gasteiger partial charge in [0.2, 0.25) is 0 Å². The molecule has 0 amide bonds. The number of hydrogen-bond donors (Lipinski definition) is 0. The highest BCUT2D eigenvalue weighted by Gasteiger charge is 2.60. The van der Waals surface area contributed by atoms with Crippen LogP contribution in [0, 0.1) is 45.8 Å². The topological polar surface area (TPSA) is 57.9 Å². The standard InChI is InChI=1S/C21H27NO2/c1-12-15-5-4-14-16-6-7-18(23)20(16,2)9-8-17(14)21(15,3)10-13(11-22)19(12)24/h13-14,16-17H,4-10H2,1-3H3/t13-,14-,16-,17-,20-,21-/m0/s1. The fourth-order valence-corrected chi connectivity index (χ4v) is 6.99. The molecule has 0 radical (unpaired) electrons. The second kappa shape index (κ2) is 5.04. The molecule has 0 N–H and O–H groups in total. The van der Waals surface area contributed by atoms with Crippen molar-refractivity contribution < 1.29 is 9.59 Å². The van der Waals surface area contributed by atoms with Crippen molar-refractivity contribution in [3.05, 3.63) is 11.1 Å². The summed E-state index contributed by atoms with van der Waals surface area (Å²) in [6.45, 7) is 6.44. The number of ketones is 2. The summed E-state index contributed by atoms with van der Waals surface area (Å²) >= 11 is 0. The van der Waals surface area contributed by atoms with Crippen LogP contribution in [-0.4, -0.2) is 11.6 Å². The normalized spacial score (nSPS) is 47.8. The lowest BCUT2D eigenvalue weighted by Crippen LogP contribution is -2.52. The van der Waals surface area contributed by atoms with Crippen molar-refractivity contribution in [2.45, 2.75) is 65.7 Å². The van der Waals surface area contributed by atoms with Crippen LogP contribution < -0.4 is 0 Å². The summed E-state index contributed by atoms with van der Waals surface area (Å²) in [6, 6.07) is 2.26. The molecule has 3 saturated carbocycles. The van der Waals surface area contributed by atoms with Gasteiger partial charge < -0.3 is 0 Å². The second-order valence-corrected chi connectivity index (χ2v) is 9.10. The quantitative estimate of drug-likeness (QED) is 0.670. The largest absolute Gasteiger partial charge is 0.299 e. The van der Waals surface area contributed by atoms with Gasteiger partial charge in [-0.25, -0.2) is 0 Å². The Morgan fingerprint density at radius 2 is 1.75 bits per heavy atom. The molecule has 0 aliphatic heterocycles. The van der Waals surface area contributed by atoms with Crippen molar-refractivity contribution in [3.63, 3.8) is 0 Å². The zero-order valence-electron chi connectivity index (χ0n) is 15.0. The number of rotatable bonds is 0. The van der Waals surface area contributed by atoms with Crippen LogP contribution in [0.2, 0.25) is 0 Å². The van der Waals surface area contributed by atoms with Gasteiger partial charge in [-0.1, -0.05) is 19.4 Å². The Labute approximate surface area is 144 Å². The molecule has 6 atom stereocenters. The first-order chi connectivity index (χ1) is 11.3. The smallest absolute Gasteiger partial charge is 0.175 e. The Morgan fingerprint density at radius 1 is 1.04 bits per heavy atom. The van der Waals surface area contributed by atoms with Crippen molar-refractivity contribution in [1.82, 2.24) is 0 Å². The first-order valence-electron chi connectivity index (χ1n) is 9.50. The molecule has 3 heteroatoms. The number of allylic oxidation sites excluding steroid dienone is 1. The Kier molecular flexibility index (Phi) is 3.37. The van der Waals surface area contributed by atoms with E-state index in [2.05, 4.69) is 19.9 Å². The van der Waals surface area contributed by atoms with Crippen LogP contribution in [0.4, 0.5) is 0 Å². The number of carbonyl (C=O) groups is 2.